The maximum atomic E-state index is 12.9. The van der Waals surface area contributed by atoms with Gasteiger partial charge in [0.25, 0.3) is 0 Å². The Balaban J connectivity index is 1.31. The zero-order valence-electron chi connectivity index (χ0n) is 21.2. The Morgan fingerprint density at radius 2 is 1.65 bits per heavy atom. The summed E-state index contributed by atoms with van der Waals surface area (Å²) in [5.41, 5.74) is 1.70. The van der Waals surface area contributed by atoms with Crippen LogP contribution in [0, 0.1) is 11.8 Å². The van der Waals surface area contributed by atoms with E-state index in [0.717, 1.165) is 36.8 Å². The summed E-state index contributed by atoms with van der Waals surface area (Å²) in [7, 11) is -3.54. The number of nitrogens with one attached hydrogen (secondary N) is 1. The number of aliphatic hydroxyl groups excluding tert-OH is 1. The molecule has 1 heterocycles. The second kappa shape index (κ2) is 12.0. The largest absolute Gasteiger partial charge is 0.511 e. The molecule has 198 valence electrons. The SMILES string of the molecule is CC(Cc1ccc(CCNS(=O)(=O)c2ccccc2)cc1)/C(O)=C1\C(=O)OC(CC2CCCCC2)C1=O. The number of allylic oxidation sites excluding steroid dienone is 1. The monoisotopic (exact) mass is 525 g/mol. The van der Waals surface area contributed by atoms with Crippen molar-refractivity contribution in [3.05, 3.63) is 77.1 Å². The molecule has 4 rings (SSSR count). The highest BCUT2D eigenvalue weighted by atomic mass is 32.2. The van der Waals surface area contributed by atoms with E-state index in [2.05, 4.69) is 4.72 Å². The molecular weight excluding hydrogens is 490 g/mol. The van der Waals surface area contributed by atoms with Crippen LogP contribution in [-0.4, -0.2) is 37.9 Å². The molecule has 7 nitrogen and oxygen atoms in total. The van der Waals surface area contributed by atoms with Crippen LogP contribution < -0.4 is 4.72 Å². The van der Waals surface area contributed by atoms with Crippen molar-refractivity contribution in [2.75, 3.05) is 6.54 Å². The van der Waals surface area contributed by atoms with Crippen molar-refractivity contribution < 1.29 is 27.9 Å². The lowest BCUT2D eigenvalue weighted by Crippen LogP contribution is -2.25. The minimum absolute atomic E-state index is 0.198. The molecule has 1 aliphatic carbocycles. The zero-order valence-corrected chi connectivity index (χ0v) is 22.0. The fourth-order valence-electron chi connectivity index (χ4n) is 5.17. The molecule has 1 saturated heterocycles. The van der Waals surface area contributed by atoms with E-state index in [1.165, 1.54) is 6.42 Å². The third-order valence-electron chi connectivity index (χ3n) is 7.31. The number of cyclic esters (lactones) is 1. The molecule has 0 bridgehead atoms. The van der Waals surface area contributed by atoms with Gasteiger partial charge in [0.1, 0.15) is 11.3 Å². The number of rotatable bonds is 10. The second-order valence-corrected chi connectivity index (χ2v) is 11.9. The van der Waals surface area contributed by atoms with Crippen molar-refractivity contribution in [1.82, 2.24) is 4.72 Å². The summed E-state index contributed by atoms with van der Waals surface area (Å²) in [6.45, 7) is 2.05. The number of ether oxygens (including phenoxy) is 1. The lowest BCUT2D eigenvalue weighted by atomic mass is 9.84. The number of sulfonamides is 1. The van der Waals surface area contributed by atoms with E-state index in [1.807, 2.05) is 24.3 Å². The fraction of sp³-hybridized carbons (Fsp3) is 0.448. The van der Waals surface area contributed by atoms with Gasteiger partial charge in [-0.25, -0.2) is 17.9 Å². The Labute approximate surface area is 219 Å². The normalized spacial score (nSPS) is 21.1. The Bertz CT molecular complexity index is 1230. The third-order valence-corrected chi connectivity index (χ3v) is 8.79. The summed E-state index contributed by atoms with van der Waals surface area (Å²) in [6, 6.07) is 15.9. The number of ketones is 1. The van der Waals surface area contributed by atoms with Crippen LogP contribution >= 0.6 is 0 Å². The molecule has 0 amide bonds. The van der Waals surface area contributed by atoms with Gasteiger partial charge < -0.3 is 9.84 Å². The summed E-state index contributed by atoms with van der Waals surface area (Å²) >= 11 is 0. The van der Waals surface area contributed by atoms with Crippen LogP contribution in [0.5, 0.6) is 0 Å². The van der Waals surface area contributed by atoms with E-state index < -0.39 is 33.8 Å². The number of carbonyl (C=O) groups is 2. The first-order chi connectivity index (χ1) is 17.7. The number of hydrogen-bond acceptors (Lipinski definition) is 6. The van der Waals surface area contributed by atoms with E-state index in [4.69, 9.17) is 4.74 Å². The van der Waals surface area contributed by atoms with Gasteiger partial charge in [0.15, 0.2) is 6.10 Å². The standard InChI is InChI=1S/C29H35NO6S/c1-20(27(31)26-28(32)25(36-29(26)33)19-22-8-4-2-5-9-22)18-23-14-12-21(13-15-23)16-17-30-37(34,35)24-10-6-3-7-11-24/h3,6-7,10-15,20,22,25,30-31H,2,4-5,8-9,16-19H2,1H3/b27-26+. The molecule has 2 fully saturated rings. The van der Waals surface area contributed by atoms with Gasteiger partial charge in [-0.2, -0.15) is 0 Å². The van der Waals surface area contributed by atoms with Gasteiger partial charge in [0.05, 0.1) is 4.90 Å². The third kappa shape index (κ3) is 6.87. The summed E-state index contributed by atoms with van der Waals surface area (Å²) < 4.78 is 32.7. The average molecular weight is 526 g/mol. The molecule has 1 saturated carbocycles. The van der Waals surface area contributed by atoms with E-state index in [1.54, 1.807) is 37.3 Å². The van der Waals surface area contributed by atoms with Crippen LogP contribution in [0.15, 0.2) is 70.8 Å². The topological polar surface area (TPSA) is 110 Å². The summed E-state index contributed by atoms with van der Waals surface area (Å²) in [6.07, 6.45) is 6.35. The first kappa shape index (κ1) is 27.1. The molecule has 0 spiro atoms. The Kier molecular flexibility index (Phi) is 8.82. The first-order valence-corrected chi connectivity index (χ1v) is 14.5. The number of benzene rings is 2. The average Bonchev–Trinajstić information content (AvgIpc) is 3.17. The van der Waals surface area contributed by atoms with Crippen LogP contribution in [-0.2, 0) is 37.2 Å². The Morgan fingerprint density at radius 3 is 2.32 bits per heavy atom. The van der Waals surface area contributed by atoms with Gasteiger partial charge in [0, 0.05) is 12.5 Å². The van der Waals surface area contributed by atoms with Crippen molar-refractivity contribution in [3.8, 4) is 0 Å². The highest BCUT2D eigenvalue weighted by Gasteiger charge is 2.42. The maximum Gasteiger partial charge on any atom is 0.346 e. The van der Waals surface area contributed by atoms with Gasteiger partial charge in [-0.1, -0.05) is 81.5 Å². The molecular formula is C29H35NO6S. The molecule has 2 aromatic carbocycles. The number of Topliss-reactive ketones (excluding diaryl/α,β-unsaturated/α-hetero) is 1. The van der Waals surface area contributed by atoms with Gasteiger partial charge in [0.2, 0.25) is 15.8 Å². The molecule has 1 aliphatic heterocycles. The lowest BCUT2D eigenvalue weighted by Gasteiger charge is -2.22. The molecule has 2 aliphatic rings. The maximum absolute atomic E-state index is 12.9. The molecule has 2 aromatic rings. The van der Waals surface area contributed by atoms with Crippen LogP contribution in [0.2, 0.25) is 0 Å². The van der Waals surface area contributed by atoms with Crippen LogP contribution in [0.3, 0.4) is 0 Å². The van der Waals surface area contributed by atoms with Crippen molar-refractivity contribution in [2.24, 2.45) is 11.8 Å². The molecule has 0 aromatic heterocycles. The highest BCUT2D eigenvalue weighted by Crippen LogP contribution is 2.33. The number of hydrogen-bond donors (Lipinski definition) is 2. The highest BCUT2D eigenvalue weighted by molar-refractivity contribution is 7.89. The first-order valence-electron chi connectivity index (χ1n) is 13.1. The van der Waals surface area contributed by atoms with Gasteiger partial charge in [-0.3, -0.25) is 4.79 Å². The Morgan fingerprint density at radius 1 is 1.00 bits per heavy atom. The smallest absolute Gasteiger partial charge is 0.346 e. The van der Waals surface area contributed by atoms with Gasteiger partial charge in [-0.15, -0.1) is 0 Å². The number of carbonyl (C=O) groups excluding carboxylic acids is 2. The minimum Gasteiger partial charge on any atom is -0.511 e. The molecule has 2 unspecified atom stereocenters. The summed E-state index contributed by atoms with van der Waals surface area (Å²) in [4.78, 5) is 25.5. The molecule has 0 radical (unpaired) electrons. The predicted octanol–water partition coefficient (Wildman–Crippen LogP) is 4.66. The van der Waals surface area contributed by atoms with E-state index in [9.17, 15) is 23.1 Å². The van der Waals surface area contributed by atoms with Crippen LogP contribution in [0.1, 0.15) is 56.6 Å². The number of esters is 1. The zero-order chi connectivity index (χ0) is 26.4. The quantitative estimate of drug-likeness (QED) is 0.202. The van der Waals surface area contributed by atoms with Crippen molar-refractivity contribution in [1.29, 1.82) is 0 Å². The predicted molar refractivity (Wildman–Crippen MR) is 140 cm³/mol. The molecule has 8 heteroatoms. The van der Waals surface area contributed by atoms with Gasteiger partial charge in [-0.05, 0) is 48.4 Å². The second-order valence-electron chi connectivity index (χ2n) is 10.1. The lowest BCUT2D eigenvalue weighted by molar-refractivity contribution is -0.141. The van der Waals surface area contributed by atoms with Crippen molar-refractivity contribution in [3.63, 3.8) is 0 Å². The van der Waals surface area contributed by atoms with Crippen molar-refractivity contribution in [2.45, 2.75) is 69.3 Å². The summed E-state index contributed by atoms with van der Waals surface area (Å²) in [5, 5.41) is 10.8. The van der Waals surface area contributed by atoms with Crippen LogP contribution in [0.4, 0.5) is 0 Å². The molecule has 2 atom stereocenters. The fourth-order valence-corrected chi connectivity index (χ4v) is 6.22. The molecule has 2 N–H and O–H groups in total. The Hall–Kier alpha value is -2.97. The van der Waals surface area contributed by atoms with E-state index in [-0.39, 0.29) is 22.8 Å². The van der Waals surface area contributed by atoms with Gasteiger partial charge >= 0.3 is 5.97 Å². The molecule has 37 heavy (non-hydrogen) atoms. The summed E-state index contributed by atoms with van der Waals surface area (Å²) in [5.74, 6) is -1.36. The minimum atomic E-state index is -3.54. The van der Waals surface area contributed by atoms with Crippen molar-refractivity contribution >= 4 is 21.8 Å². The van der Waals surface area contributed by atoms with E-state index in [0.29, 0.717) is 25.2 Å². The van der Waals surface area contributed by atoms with E-state index >= 15 is 0 Å². The van der Waals surface area contributed by atoms with Crippen LogP contribution in [0.25, 0.3) is 0 Å². The number of aliphatic hydroxyl groups is 1.